The highest BCUT2D eigenvalue weighted by atomic mass is 16.3. The number of benzene rings is 1. The van der Waals surface area contributed by atoms with Crippen molar-refractivity contribution in [3.8, 4) is 5.75 Å². The Morgan fingerprint density at radius 1 is 1.33 bits per heavy atom. The highest BCUT2D eigenvalue weighted by Gasteiger charge is 2.22. The summed E-state index contributed by atoms with van der Waals surface area (Å²) in [4.78, 5) is 2.59. The van der Waals surface area contributed by atoms with Crippen LogP contribution in [0.25, 0.3) is 0 Å². The van der Waals surface area contributed by atoms with Gasteiger partial charge in [-0.15, -0.1) is 0 Å². The number of phenols is 1. The molecule has 2 rings (SSSR count). The molecule has 1 fully saturated rings. The fourth-order valence-corrected chi connectivity index (χ4v) is 2.62. The lowest BCUT2D eigenvalue weighted by Gasteiger charge is -2.37. The lowest BCUT2D eigenvalue weighted by molar-refractivity contribution is 0.143. The van der Waals surface area contributed by atoms with Crippen LogP contribution in [-0.4, -0.2) is 42.2 Å². The monoisotopic (exact) mass is 248 g/mol. The Labute approximate surface area is 110 Å². The summed E-state index contributed by atoms with van der Waals surface area (Å²) in [5.41, 5.74) is 1.30. The van der Waals surface area contributed by atoms with Gasteiger partial charge in [0, 0.05) is 32.2 Å². The zero-order chi connectivity index (χ0) is 13.0. The molecule has 0 bridgehead atoms. The van der Waals surface area contributed by atoms with E-state index in [1.54, 1.807) is 12.1 Å². The van der Waals surface area contributed by atoms with Crippen molar-refractivity contribution in [2.75, 3.05) is 26.2 Å². The van der Waals surface area contributed by atoms with Crippen LogP contribution in [0.15, 0.2) is 24.3 Å². The molecule has 2 N–H and O–H groups in total. The lowest BCUT2D eigenvalue weighted by Crippen LogP contribution is -2.53. The van der Waals surface area contributed by atoms with Crippen LogP contribution in [-0.2, 0) is 6.42 Å². The van der Waals surface area contributed by atoms with Gasteiger partial charge in [-0.2, -0.15) is 0 Å². The average molecular weight is 248 g/mol. The smallest absolute Gasteiger partial charge is 0.115 e. The molecule has 1 aromatic rings. The van der Waals surface area contributed by atoms with E-state index in [9.17, 15) is 5.11 Å². The molecule has 1 aromatic carbocycles. The van der Waals surface area contributed by atoms with Crippen LogP contribution in [0.3, 0.4) is 0 Å². The summed E-state index contributed by atoms with van der Waals surface area (Å²) < 4.78 is 0. The summed E-state index contributed by atoms with van der Waals surface area (Å²) in [5.74, 6) is 1.06. The zero-order valence-corrected chi connectivity index (χ0v) is 11.4. The van der Waals surface area contributed by atoms with Crippen LogP contribution >= 0.6 is 0 Å². The van der Waals surface area contributed by atoms with Crippen molar-refractivity contribution in [2.24, 2.45) is 5.92 Å². The minimum absolute atomic E-state index is 0.347. The van der Waals surface area contributed by atoms with Crippen molar-refractivity contribution < 1.29 is 5.11 Å². The van der Waals surface area contributed by atoms with E-state index in [-0.39, 0.29) is 0 Å². The van der Waals surface area contributed by atoms with Crippen molar-refractivity contribution in [3.63, 3.8) is 0 Å². The van der Waals surface area contributed by atoms with Crippen LogP contribution in [0.5, 0.6) is 5.75 Å². The van der Waals surface area contributed by atoms with Crippen LogP contribution in [0.4, 0.5) is 0 Å². The molecule has 1 aliphatic heterocycles. The molecule has 0 spiro atoms. The van der Waals surface area contributed by atoms with Gasteiger partial charge >= 0.3 is 0 Å². The largest absolute Gasteiger partial charge is 0.508 e. The number of nitrogens with zero attached hydrogens (tertiary/aromatic N) is 1. The fourth-order valence-electron chi connectivity index (χ4n) is 2.62. The van der Waals surface area contributed by atoms with E-state index in [0.29, 0.717) is 17.7 Å². The highest BCUT2D eigenvalue weighted by Crippen LogP contribution is 2.15. The zero-order valence-electron chi connectivity index (χ0n) is 11.4. The van der Waals surface area contributed by atoms with Crippen molar-refractivity contribution in [2.45, 2.75) is 26.3 Å². The molecule has 0 amide bonds. The van der Waals surface area contributed by atoms with E-state index in [1.807, 2.05) is 12.1 Å². The molecule has 1 aliphatic rings. The Hall–Kier alpha value is -1.06. The first-order valence-corrected chi connectivity index (χ1v) is 6.88. The molecular weight excluding hydrogens is 224 g/mol. The third kappa shape index (κ3) is 3.72. The van der Waals surface area contributed by atoms with Crippen LogP contribution < -0.4 is 5.32 Å². The minimum atomic E-state index is 0.347. The molecule has 3 heteroatoms. The molecule has 1 atom stereocenters. The average Bonchev–Trinajstić information content (AvgIpc) is 2.34. The maximum absolute atomic E-state index is 9.31. The van der Waals surface area contributed by atoms with E-state index in [1.165, 1.54) is 12.1 Å². The number of hydrogen-bond donors (Lipinski definition) is 2. The Morgan fingerprint density at radius 3 is 2.72 bits per heavy atom. The summed E-state index contributed by atoms with van der Waals surface area (Å²) >= 11 is 0. The number of piperazine rings is 1. The van der Waals surface area contributed by atoms with Crippen LogP contribution in [0.1, 0.15) is 19.4 Å². The summed E-state index contributed by atoms with van der Waals surface area (Å²) in [6.07, 6.45) is 1.06. The second-order valence-electron chi connectivity index (χ2n) is 5.62. The minimum Gasteiger partial charge on any atom is -0.508 e. The van der Waals surface area contributed by atoms with Crippen molar-refractivity contribution in [3.05, 3.63) is 29.8 Å². The fraction of sp³-hybridized carbons (Fsp3) is 0.600. The first kappa shape index (κ1) is 13.4. The molecule has 0 saturated carbocycles. The molecular formula is C15H24N2O. The topological polar surface area (TPSA) is 35.5 Å². The molecule has 0 aliphatic carbocycles. The van der Waals surface area contributed by atoms with E-state index in [2.05, 4.69) is 24.1 Å². The van der Waals surface area contributed by atoms with Gasteiger partial charge in [0.25, 0.3) is 0 Å². The summed E-state index contributed by atoms with van der Waals surface area (Å²) in [7, 11) is 0. The SMILES string of the molecule is CC(C)CN1CCNC[C@@H]1Cc1ccc(O)cc1. The molecule has 0 radical (unpaired) electrons. The molecule has 3 nitrogen and oxygen atoms in total. The van der Waals surface area contributed by atoms with E-state index in [4.69, 9.17) is 0 Å². The van der Waals surface area contributed by atoms with Gasteiger partial charge in [-0.1, -0.05) is 26.0 Å². The van der Waals surface area contributed by atoms with Crippen LogP contribution in [0.2, 0.25) is 0 Å². The normalized spacial score (nSPS) is 21.4. The van der Waals surface area contributed by atoms with E-state index >= 15 is 0 Å². The number of hydrogen-bond acceptors (Lipinski definition) is 3. The third-order valence-corrected chi connectivity index (χ3v) is 3.48. The number of rotatable bonds is 4. The Kier molecular flexibility index (Phi) is 4.61. The summed E-state index contributed by atoms with van der Waals surface area (Å²) in [6, 6.07) is 8.18. The van der Waals surface area contributed by atoms with Gasteiger partial charge in [0.15, 0.2) is 0 Å². The molecule has 100 valence electrons. The van der Waals surface area contributed by atoms with Crippen molar-refractivity contribution in [1.82, 2.24) is 10.2 Å². The predicted octanol–water partition coefficient (Wildman–Crippen LogP) is 1.86. The number of nitrogens with one attached hydrogen (secondary N) is 1. The molecule has 1 saturated heterocycles. The van der Waals surface area contributed by atoms with Crippen molar-refractivity contribution >= 4 is 0 Å². The quantitative estimate of drug-likeness (QED) is 0.854. The Balaban J connectivity index is 1.98. The number of aromatic hydroxyl groups is 1. The van der Waals surface area contributed by atoms with Gasteiger partial charge in [0.1, 0.15) is 5.75 Å². The van der Waals surface area contributed by atoms with E-state index in [0.717, 1.165) is 26.1 Å². The molecule has 18 heavy (non-hydrogen) atoms. The van der Waals surface area contributed by atoms with E-state index < -0.39 is 0 Å². The van der Waals surface area contributed by atoms with Gasteiger partial charge in [0.2, 0.25) is 0 Å². The van der Waals surface area contributed by atoms with Crippen LogP contribution in [0, 0.1) is 5.92 Å². The third-order valence-electron chi connectivity index (χ3n) is 3.48. The summed E-state index contributed by atoms with van der Waals surface area (Å²) in [6.45, 7) is 9.02. The Bertz CT molecular complexity index is 361. The number of phenolic OH excluding ortho intramolecular Hbond substituents is 1. The maximum Gasteiger partial charge on any atom is 0.115 e. The lowest BCUT2D eigenvalue weighted by atomic mass is 10.0. The van der Waals surface area contributed by atoms with Gasteiger partial charge in [-0.25, -0.2) is 0 Å². The second-order valence-corrected chi connectivity index (χ2v) is 5.62. The second kappa shape index (κ2) is 6.21. The first-order valence-electron chi connectivity index (χ1n) is 6.88. The summed E-state index contributed by atoms with van der Waals surface area (Å²) in [5, 5.41) is 12.8. The highest BCUT2D eigenvalue weighted by molar-refractivity contribution is 5.26. The maximum atomic E-state index is 9.31. The van der Waals surface area contributed by atoms with Gasteiger partial charge in [0.05, 0.1) is 0 Å². The Morgan fingerprint density at radius 2 is 2.06 bits per heavy atom. The molecule has 0 aromatic heterocycles. The standard InChI is InChI=1S/C15H24N2O/c1-12(2)11-17-8-7-16-10-14(17)9-13-3-5-15(18)6-4-13/h3-6,12,14,16,18H,7-11H2,1-2H3/t14-/m0/s1. The first-order chi connectivity index (χ1) is 8.65. The molecule has 0 unspecified atom stereocenters. The van der Waals surface area contributed by atoms with Crippen molar-refractivity contribution in [1.29, 1.82) is 0 Å². The van der Waals surface area contributed by atoms with Gasteiger partial charge in [-0.3, -0.25) is 4.90 Å². The van der Waals surface area contributed by atoms with Gasteiger partial charge in [-0.05, 0) is 30.0 Å². The predicted molar refractivity (Wildman–Crippen MR) is 74.9 cm³/mol. The molecule has 1 heterocycles. The van der Waals surface area contributed by atoms with Gasteiger partial charge < -0.3 is 10.4 Å².